The summed E-state index contributed by atoms with van der Waals surface area (Å²) in [5.74, 6) is -0.937. The van der Waals surface area contributed by atoms with Crippen molar-refractivity contribution in [1.82, 2.24) is 5.32 Å². The Labute approximate surface area is 175 Å². The van der Waals surface area contributed by atoms with E-state index in [1.807, 2.05) is 5.32 Å². The molecule has 0 atom stereocenters. The van der Waals surface area contributed by atoms with Gasteiger partial charge in [0.2, 0.25) is 0 Å². The molecule has 0 saturated heterocycles. The molecule has 0 spiro atoms. The standard InChI is InChI=1S/C19H17N3O9/c23-17(10-31-18(24)11-30-14-4-2-1-3-13(14)22(26)27)21-19(25)20-12-5-6-15-16(9-12)29-8-7-28-15/h1-6,9H,7-8,10-11H2,(H2,20,21,23,25). The molecule has 1 aliphatic heterocycles. The molecule has 0 radical (unpaired) electrons. The lowest BCUT2D eigenvalue weighted by Gasteiger charge is -2.19. The largest absolute Gasteiger partial charge is 0.486 e. The SMILES string of the molecule is O=C(COC(=O)COc1ccccc1[N+](=O)[O-])NC(=O)Nc1ccc2c(c1)OCCO2. The lowest BCUT2D eigenvalue weighted by molar-refractivity contribution is -0.385. The van der Waals surface area contributed by atoms with Gasteiger partial charge < -0.3 is 24.3 Å². The van der Waals surface area contributed by atoms with Crippen molar-refractivity contribution in [3.8, 4) is 17.2 Å². The number of carbonyl (C=O) groups is 3. The van der Waals surface area contributed by atoms with Gasteiger partial charge in [0.25, 0.3) is 5.91 Å². The van der Waals surface area contributed by atoms with Crippen LogP contribution in [0, 0.1) is 10.1 Å². The van der Waals surface area contributed by atoms with Gasteiger partial charge >= 0.3 is 17.7 Å². The van der Waals surface area contributed by atoms with E-state index in [1.54, 1.807) is 18.2 Å². The molecule has 0 aliphatic carbocycles. The Morgan fingerprint density at radius 2 is 1.77 bits per heavy atom. The van der Waals surface area contributed by atoms with Crippen LogP contribution < -0.4 is 24.8 Å². The van der Waals surface area contributed by atoms with Crippen LogP contribution in [0.2, 0.25) is 0 Å². The fourth-order valence-electron chi connectivity index (χ4n) is 2.50. The molecular weight excluding hydrogens is 414 g/mol. The van der Waals surface area contributed by atoms with E-state index >= 15 is 0 Å². The Morgan fingerprint density at radius 3 is 2.55 bits per heavy atom. The molecular formula is C19H17N3O9. The molecule has 0 fully saturated rings. The second-order valence-corrected chi connectivity index (χ2v) is 6.03. The molecule has 0 aromatic heterocycles. The summed E-state index contributed by atoms with van der Waals surface area (Å²) in [5, 5.41) is 15.3. The Morgan fingerprint density at radius 1 is 1.03 bits per heavy atom. The summed E-state index contributed by atoms with van der Waals surface area (Å²) in [6, 6.07) is 9.37. The molecule has 0 bridgehead atoms. The van der Waals surface area contributed by atoms with Crippen molar-refractivity contribution in [1.29, 1.82) is 0 Å². The monoisotopic (exact) mass is 431 g/mol. The van der Waals surface area contributed by atoms with Crippen molar-refractivity contribution < 1.29 is 38.3 Å². The highest BCUT2D eigenvalue weighted by Crippen LogP contribution is 2.32. The maximum Gasteiger partial charge on any atom is 0.344 e. The number of nitrogens with one attached hydrogen (secondary N) is 2. The maximum atomic E-state index is 11.9. The molecule has 3 rings (SSSR count). The number of imide groups is 1. The van der Waals surface area contributed by atoms with E-state index in [2.05, 4.69) is 10.1 Å². The number of carbonyl (C=O) groups excluding carboxylic acids is 3. The zero-order valence-electron chi connectivity index (χ0n) is 16.0. The first kappa shape index (κ1) is 21.4. The zero-order chi connectivity index (χ0) is 22.2. The van der Waals surface area contributed by atoms with Gasteiger partial charge in [-0.15, -0.1) is 0 Å². The first-order valence-electron chi connectivity index (χ1n) is 8.94. The summed E-state index contributed by atoms with van der Waals surface area (Å²) in [6.45, 7) is -0.580. The minimum atomic E-state index is -0.944. The van der Waals surface area contributed by atoms with Crippen LogP contribution in [0.5, 0.6) is 17.2 Å². The summed E-state index contributed by atoms with van der Waals surface area (Å²) < 4.78 is 20.5. The average Bonchev–Trinajstić information content (AvgIpc) is 2.76. The Bertz CT molecular complexity index is 1010. The second-order valence-electron chi connectivity index (χ2n) is 6.03. The van der Waals surface area contributed by atoms with Crippen LogP contribution in [0.15, 0.2) is 42.5 Å². The number of urea groups is 1. The summed E-state index contributed by atoms with van der Waals surface area (Å²) in [5.41, 5.74) is 0.0493. The number of nitrogens with zero attached hydrogens (tertiary/aromatic N) is 1. The molecule has 162 valence electrons. The highest BCUT2D eigenvalue weighted by atomic mass is 16.6. The molecule has 3 amide bonds. The second kappa shape index (κ2) is 9.91. The minimum Gasteiger partial charge on any atom is -0.486 e. The lowest BCUT2D eigenvalue weighted by atomic mass is 10.2. The van der Waals surface area contributed by atoms with E-state index < -0.39 is 36.0 Å². The van der Waals surface area contributed by atoms with Crippen molar-refractivity contribution >= 4 is 29.3 Å². The summed E-state index contributed by atoms with van der Waals surface area (Å²) in [6.07, 6.45) is 0. The highest BCUT2D eigenvalue weighted by molar-refractivity contribution is 6.02. The normalized spacial score (nSPS) is 11.7. The first-order chi connectivity index (χ1) is 14.9. The van der Waals surface area contributed by atoms with Crippen LogP contribution in [-0.2, 0) is 14.3 Å². The van der Waals surface area contributed by atoms with Gasteiger partial charge in [-0.05, 0) is 18.2 Å². The quantitative estimate of drug-likeness (QED) is 0.378. The summed E-state index contributed by atoms with van der Waals surface area (Å²) in [4.78, 5) is 45.6. The van der Waals surface area contributed by atoms with Gasteiger partial charge in [-0.25, -0.2) is 9.59 Å². The van der Waals surface area contributed by atoms with Crippen LogP contribution in [0.1, 0.15) is 0 Å². The van der Waals surface area contributed by atoms with Crippen molar-refractivity contribution in [3.05, 3.63) is 52.6 Å². The number of benzene rings is 2. The van der Waals surface area contributed by atoms with E-state index in [0.717, 1.165) is 0 Å². The molecule has 2 aromatic carbocycles. The Kier molecular flexibility index (Phi) is 6.83. The van der Waals surface area contributed by atoms with Gasteiger partial charge in [0.1, 0.15) is 13.2 Å². The van der Waals surface area contributed by atoms with Crippen LogP contribution in [0.3, 0.4) is 0 Å². The van der Waals surface area contributed by atoms with Crippen LogP contribution in [0.4, 0.5) is 16.2 Å². The van der Waals surface area contributed by atoms with Gasteiger partial charge in [-0.2, -0.15) is 0 Å². The van der Waals surface area contributed by atoms with Crippen molar-refractivity contribution in [2.75, 3.05) is 31.7 Å². The lowest BCUT2D eigenvalue weighted by Crippen LogP contribution is -2.37. The van der Waals surface area contributed by atoms with Gasteiger partial charge in [0.05, 0.1) is 4.92 Å². The number of para-hydroxylation sites is 2. The predicted molar refractivity (Wildman–Crippen MR) is 104 cm³/mol. The summed E-state index contributed by atoms with van der Waals surface area (Å²) in [7, 11) is 0. The number of fused-ring (bicyclic) bond motifs is 1. The van der Waals surface area contributed by atoms with E-state index in [4.69, 9.17) is 14.2 Å². The number of rotatable bonds is 7. The van der Waals surface area contributed by atoms with Gasteiger partial charge in [-0.3, -0.25) is 20.2 Å². The molecule has 31 heavy (non-hydrogen) atoms. The number of hydrogen-bond donors (Lipinski definition) is 2. The molecule has 12 heteroatoms. The molecule has 12 nitrogen and oxygen atoms in total. The minimum absolute atomic E-state index is 0.118. The number of anilines is 1. The Balaban J connectivity index is 1.41. The number of amides is 3. The van der Waals surface area contributed by atoms with Crippen LogP contribution in [-0.4, -0.2) is 49.3 Å². The molecule has 1 heterocycles. The number of nitro groups is 1. The first-order valence-corrected chi connectivity index (χ1v) is 8.94. The number of ether oxygens (including phenoxy) is 4. The molecule has 2 aromatic rings. The van der Waals surface area contributed by atoms with E-state index in [9.17, 15) is 24.5 Å². The smallest absolute Gasteiger partial charge is 0.344 e. The van der Waals surface area contributed by atoms with Gasteiger partial charge in [-0.1, -0.05) is 12.1 Å². The Hall–Kier alpha value is -4.35. The summed E-state index contributed by atoms with van der Waals surface area (Å²) >= 11 is 0. The van der Waals surface area contributed by atoms with Gasteiger partial charge in [0, 0.05) is 17.8 Å². The van der Waals surface area contributed by atoms with E-state index in [1.165, 1.54) is 24.3 Å². The molecule has 0 unspecified atom stereocenters. The molecule has 1 aliphatic rings. The maximum absolute atomic E-state index is 11.9. The molecule has 0 saturated carbocycles. The molecule has 2 N–H and O–H groups in total. The third kappa shape index (κ3) is 6.06. The van der Waals surface area contributed by atoms with Crippen molar-refractivity contribution in [2.24, 2.45) is 0 Å². The van der Waals surface area contributed by atoms with Crippen molar-refractivity contribution in [3.63, 3.8) is 0 Å². The third-order valence-electron chi connectivity index (χ3n) is 3.82. The highest BCUT2D eigenvalue weighted by Gasteiger charge is 2.17. The fourth-order valence-corrected chi connectivity index (χ4v) is 2.50. The van der Waals surface area contributed by atoms with E-state index in [-0.39, 0.29) is 11.4 Å². The van der Waals surface area contributed by atoms with E-state index in [0.29, 0.717) is 30.4 Å². The van der Waals surface area contributed by atoms with Crippen molar-refractivity contribution in [2.45, 2.75) is 0 Å². The zero-order valence-corrected chi connectivity index (χ0v) is 16.0. The number of nitro benzene ring substituents is 1. The number of esters is 1. The average molecular weight is 431 g/mol. The predicted octanol–water partition coefficient (Wildman–Crippen LogP) is 1.64. The number of hydrogen-bond acceptors (Lipinski definition) is 9. The van der Waals surface area contributed by atoms with Crippen LogP contribution >= 0.6 is 0 Å². The van der Waals surface area contributed by atoms with Crippen LogP contribution in [0.25, 0.3) is 0 Å². The topological polar surface area (TPSA) is 155 Å². The third-order valence-corrected chi connectivity index (χ3v) is 3.82. The van der Waals surface area contributed by atoms with Gasteiger partial charge in [0.15, 0.2) is 30.5 Å². The fraction of sp³-hybridized carbons (Fsp3) is 0.211.